The maximum absolute atomic E-state index is 13.2. The molecule has 1 N–H and O–H groups in total. The predicted octanol–water partition coefficient (Wildman–Crippen LogP) is 3.45. The molecule has 0 saturated heterocycles. The molecule has 2 rings (SSSR count). The zero-order chi connectivity index (χ0) is 15.8. The summed E-state index contributed by atoms with van der Waals surface area (Å²) in [5.41, 5.74) is 0.128. The molecule has 8 heteroatoms. The van der Waals surface area contributed by atoms with Crippen LogP contribution in [0.15, 0.2) is 29.3 Å². The Hall–Kier alpha value is -1.96. The van der Waals surface area contributed by atoms with Crippen molar-refractivity contribution in [3.63, 3.8) is 0 Å². The van der Waals surface area contributed by atoms with Gasteiger partial charge in [-0.2, -0.15) is 5.10 Å². The molecule has 0 atom stereocenters. The largest absolute Gasteiger partial charge is 0.465 e. The van der Waals surface area contributed by atoms with Crippen LogP contribution in [0.1, 0.15) is 20.8 Å². The molecule has 112 valence electrons. The molecule has 2 aromatic heterocycles. The van der Waals surface area contributed by atoms with Crippen molar-refractivity contribution in [1.82, 2.24) is 14.8 Å². The summed E-state index contributed by atoms with van der Waals surface area (Å²) in [5, 5.41) is 13.6. The second-order valence-electron chi connectivity index (χ2n) is 5.40. The Bertz CT molecular complexity index is 681. The van der Waals surface area contributed by atoms with Gasteiger partial charge in [-0.05, 0) is 36.7 Å². The summed E-state index contributed by atoms with van der Waals surface area (Å²) >= 11 is 3.24. The van der Waals surface area contributed by atoms with Crippen LogP contribution in [0.4, 0.5) is 14.9 Å². The van der Waals surface area contributed by atoms with Crippen molar-refractivity contribution >= 4 is 27.7 Å². The van der Waals surface area contributed by atoms with Crippen molar-refractivity contribution in [3.8, 4) is 5.69 Å². The van der Waals surface area contributed by atoms with Gasteiger partial charge in [0.05, 0.1) is 24.3 Å². The molecule has 0 aromatic carbocycles. The van der Waals surface area contributed by atoms with Gasteiger partial charge in [0.25, 0.3) is 0 Å². The van der Waals surface area contributed by atoms with Gasteiger partial charge in [-0.25, -0.2) is 13.9 Å². The molecule has 6 nitrogen and oxygen atoms in total. The highest BCUT2D eigenvalue weighted by Crippen LogP contribution is 2.31. The van der Waals surface area contributed by atoms with Crippen LogP contribution in [0.2, 0.25) is 0 Å². The van der Waals surface area contributed by atoms with Crippen LogP contribution in [-0.4, -0.2) is 31.5 Å². The molecule has 0 spiro atoms. The molecule has 0 aliphatic heterocycles. The molecule has 1 amide bonds. The summed E-state index contributed by atoms with van der Waals surface area (Å²) in [4.78, 5) is 16.4. The monoisotopic (exact) mass is 356 g/mol. The van der Waals surface area contributed by atoms with Crippen LogP contribution in [0.25, 0.3) is 5.69 Å². The van der Waals surface area contributed by atoms with Crippen molar-refractivity contribution in [2.45, 2.75) is 26.3 Å². The Kier molecular flexibility index (Phi) is 3.99. The highest BCUT2D eigenvalue weighted by atomic mass is 79.9. The van der Waals surface area contributed by atoms with E-state index in [-0.39, 0.29) is 0 Å². The van der Waals surface area contributed by atoms with Gasteiger partial charge in [-0.1, -0.05) is 0 Å². The van der Waals surface area contributed by atoms with Gasteiger partial charge in [0.15, 0.2) is 4.60 Å². The molecule has 0 radical (unpaired) electrons. The number of halogens is 2. The Balaban J connectivity index is 2.50. The quantitative estimate of drug-likeness (QED) is 0.894. The second kappa shape index (κ2) is 5.44. The van der Waals surface area contributed by atoms with Crippen molar-refractivity contribution in [3.05, 3.63) is 35.1 Å². The lowest BCUT2D eigenvalue weighted by Crippen LogP contribution is -2.45. The van der Waals surface area contributed by atoms with E-state index < -0.39 is 17.4 Å². The summed E-state index contributed by atoms with van der Waals surface area (Å²) < 4.78 is 14.9. The first-order valence-electron chi connectivity index (χ1n) is 6.09. The van der Waals surface area contributed by atoms with Gasteiger partial charge in [0, 0.05) is 11.6 Å². The molecule has 0 aliphatic carbocycles. The fourth-order valence-electron chi connectivity index (χ4n) is 1.90. The lowest BCUT2D eigenvalue weighted by molar-refractivity contribution is 0.195. The average molecular weight is 357 g/mol. The van der Waals surface area contributed by atoms with Crippen LogP contribution < -0.4 is 4.90 Å². The third-order valence-corrected chi connectivity index (χ3v) is 3.27. The minimum atomic E-state index is -1.10. The molecular formula is C13H14BrFN4O2. The first kappa shape index (κ1) is 15.4. The topological polar surface area (TPSA) is 71.2 Å². The number of hydrogen-bond donors (Lipinski definition) is 1. The lowest BCUT2D eigenvalue weighted by Gasteiger charge is -2.32. The van der Waals surface area contributed by atoms with Crippen LogP contribution >= 0.6 is 15.9 Å². The highest BCUT2D eigenvalue weighted by Gasteiger charge is 2.31. The zero-order valence-electron chi connectivity index (χ0n) is 11.7. The normalized spacial score (nSPS) is 11.5. The van der Waals surface area contributed by atoms with E-state index in [2.05, 4.69) is 26.0 Å². The van der Waals surface area contributed by atoms with Crippen molar-refractivity contribution in [1.29, 1.82) is 0 Å². The highest BCUT2D eigenvalue weighted by molar-refractivity contribution is 9.10. The summed E-state index contributed by atoms with van der Waals surface area (Å²) in [6, 6.07) is 1.26. The van der Waals surface area contributed by atoms with E-state index in [4.69, 9.17) is 0 Å². The summed E-state index contributed by atoms with van der Waals surface area (Å²) in [7, 11) is 0. The van der Waals surface area contributed by atoms with Crippen molar-refractivity contribution in [2.24, 2.45) is 0 Å². The maximum Gasteiger partial charge on any atom is 0.412 e. The number of nitrogens with zero attached hydrogens (tertiary/aromatic N) is 4. The van der Waals surface area contributed by atoms with Gasteiger partial charge < -0.3 is 5.11 Å². The molecule has 0 fully saturated rings. The van der Waals surface area contributed by atoms with Gasteiger partial charge in [-0.15, -0.1) is 0 Å². The number of amides is 1. The standard InChI is InChI=1S/C13H14BrFN4O2/c1-13(2,3)19(12(20)21)10-7-18(17-11(10)14)9-4-8(15)5-16-6-9/h4-7H,1-3H3,(H,20,21). The van der Waals surface area contributed by atoms with Crippen LogP contribution in [0.3, 0.4) is 0 Å². The van der Waals surface area contributed by atoms with E-state index in [9.17, 15) is 14.3 Å². The van der Waals surface area contributed by atoms with Gasteiger partial charge >= 0.3 is 6.09 Å². The smallest absolute Gasteiger partial charge is 0.412 e. The maximum atomic E-state index is 13.2. The molecular weight excluding hydrogens is 343 g/mol. The van der Waals surface area contributed by atoms with Gasteiger partial charge in [-0.3, -0.25) is 9.88 Å². The van der Waals surface area contributed by atoms with E-state index in [1.807, 2.05) is 0 Å². The minimum absolute atomic E-state index is 0.351. The number of pyridine rings is 1. The number of anilines is 1. The molecule has 2 heterocycles. The van der Waals surface area contributed by atoms with E-state index in [0.29, 0.717) is 16.0 Å². The minimum Gasteiger partial charge on any atom is -0.465 e. The molecule has 2 aromatic rings. The number of rotatable bonds is 2. The average Bonchev–Trinajstić information content (AvgIpc) is 2.69. The lowest BCUT2D eigenvalue weighted by atomic mass is 10.1. The number of hydrogen-bond acceptors (Lipinski definition) is 3. The van der Waals surface area contributed by atoms with Crippen molar-refractivity contribution in [2.75, 3.05) is 4.90 Å². The van der Waals surface area contributed by atoms with Crippen LogP contribution in [-0.2, 0) is 0 Å². The first-order chi connectivity index (χ1) is 9.70. The van der Waals surface area contributed by atoms with Crippen LogP contribution in [0, 0.1) is 5.82 Å². The summed E-state index contributed by atoms with van der Waals surface area (Å²) in [5.74, 6) is -0.494. The Labute approximate surface area is 129 Å². The van der Waals surface area contributed by atoms with E-state index >= 15 is 0 Å². The predicted molar refractivity (Wildman–Crippen MR) is 79.3 cm³/mol. The third kappa shape index (κ3) is 3.21. The Morgan fingerprint density at radius 1 is 1.43 bits per heavy atom. The third-order valence-electron chi connectivity index (χ3n) is 2.71. The summed E-state index contributed by atoms with van der Waals surface area (Å²) in [6.45, 7) is 5.32. The first-order valence-corrected chi connectivity index (χ1v) is 6.88. The summed E-state index contributed by atoms with van der Waals surface area (Å²) in [6.07, 6.45) is 2.94. The molecule has 0 bridgehead atoms. The van der Waals surface area contributed by atoms with Crippen LogP contribution in [0.5, 0.6) is 0 Å². The molecule has 0 saturated carbocycles. The SMILES string of the molecule is CC(C)(C)N(C(=O)O)c1cn(-c2cncc(F)c2)nc1Br. The van der Waals surface area contributed by atoms with E-state index in [1.165, 1.54) is 28.0 Å². The number of aromatic nitrogens is 3. The van der Waals surface area contributed by atoms with Crippen molar-refractivity contribution < 1.29 is 14.3 Å². The van der Waals surface area contributed by atoms with Gasteiger partial charge in [0.1, 0.15) is 11.5 Å². The zero-order valence-corrected chi connectivity index (χ0v) is 13.3. The molecule has 0 aliphatic rings. The fourth-order valence-corrected chi connectivity index (χ4v) is 2.35. The van der Waals surface area contributed by atoms with Gasteiger partial charge in [0.2, 0.25) is 0 Å². The molecule has 0 unspecified atom stereocenters. The number of carboxylic acid groups (broad SMARTS) is 1. The fraction of sp³-hybridized carbons (Fsp3) is 0.308. The van der Waals surface area contributed by atoms with E-state index in [0.717, 1.165) is 6.20 Å². The molecule has 21 heavy (non-hydrogen) atoms. The Morgan fingerprint density at radius 2 is 2.10 bits per heavy atom. The van der Waals surface area contributed by atoms with E-state index in [1.54, 1.807) is 20.8 Å². The second-order valence-corrected chi connectivity index (χ2v) is 6.15. The Morgan fingerprint density at radius 3 is 2.62 bits per heavy atom. The number of carbonyl (C=O) groups is 1.